The molecule has 10 heteroatoms. The minimum atomic E-state index is -4.87. The molecule has 0 heterocycles. The lowest BCUT2D eigenvalue weighted by atomic mass is 10.0. The van der Waals surface area contributed by atoms with Crippen LogP contribution in [0.4, 0.5) is 0 Å². The largest absolute Gasteiger partial charge is 0.489 e. The van der Waals surface area contributed by atoms with E-state index in [-0.39, 0.29) is 23.9 Å². The molecule has 0 amide bonds. The molecule has 1 aromatic carbocycles. The fourth-order valence-corrected chi connectivity index (χ4v) is 3.61. The number of hydrogen-bond acceptors (Lipinski definition) is 8. The Morgan fingerprint density at radius 2 is 1.03 bits per heavy atom. The van der Waals surface area contributed by atoms with E-state index < -0.39 is 10.4 Å². The van der Waals surface area contributed by atoms with Crippen LogP contribution in [0.25, 0.3) is 0 Å². The third-order valence-corrected chi connectivity index (χ3v) is 5.00. The first-order valence-corrected chi connectivity index (χ1v) is 13.3. The predicted octanol–water partition coefficient (Wildman–Crippen LogP) is 5.69. The van der Waals surface area contributed by atoms with Gasteiger partial charge in [-0.15, -0.1) is 0 Å². The molecule has 0 radical (unpaired) electrons. The maximum absolute atomic E-state index is 11.2. The molecule has 0 unspecified atom stereocenters. The van der Waals surface area contributed by atoms with Crippen molar-refractivity contribution in [1.82, 2.24) is 0 Å². The Balaban J connectivity index is 3.48. The molecule has 0 fully saturated rings. The minimum absolute atomic E-state index is 0.0178. The summed E-state index contributed by atoms with van der Waals surface area (Å²) in [5.74, 6) is 1.08. The number of benzene rings is 1. The maximum Gasteiger partial charge on any atom is 0.432 e. The summed E-state index contributed by atoms with van der Waals surface area (Å²) in [4.78, 5) is 5.12. The maximum atomic E-state index is 11.2. The lowest BCUT2D eigenvalue weighted by Gasteiger charge is -2.24. The van der Waals surface area contributed by atoms with Crippen LogP contribution < -0.4 is 23.8 Å². The summed E-state index contributed by atoms with van der Waals surface area (Å²) in [5, 5.41) is 0. The fourth-order valence-electron chi connectivity index (χ4n) is 3.46. The second kappa shape index (κ2) is 15.8. The molecule has 192 valence electrons. The third-order valence-electron chi connectivity index (χ3n) is 4.76. The summed E-state index contributed by atoms with van der Waals surface area (Å²) in [5.41, 5.74) is 0.532. The van der Waals surface area contributed by atoms with E-state index in [0.717, 1.165) is 19.3 Å². The second-order valence-electron chi connectivity index (χ2n) is 7.31. The van der Waals surface area contributed by atoms with Gasteiger partial charge in [0, 0.05) is 5.56 Å². The molecule has 0 aliphatic carbocycles. The highest BCUT2D eigenvalue weighted by Gasteiger charge is 2.31. The molecule has 0 aliphatic heterocycles. The standard InChI is InChI=1S/C23H40O9S/c1-6-11-12-13-14-15-16-17-18-19(27-7-2)21(28-8-3)23(30-10-5)22(29-9-4)20(18)31-32-33(24,25)26/h6-17H2,1-5H3,(H,24,25,26). The van der Waals surface area contributed by atoms with Crippen molar-refractivity contribution in [2.24, 2.45) is 0 Å². The van der Waals surface area contributed by atoms with Crippen LogP contribution in [-0.4, -0.2) is 39.4 Å². The fraction of sp³-hybridized carbons (Fsp3) is 0.739. The van der Waals surface area contributed by atoms with Gasteiger partial charge in [-0.25, -0.2) is 0 Å². The van der Waals surface area contributed by atoms with Crippen LogP contribution in [0.1, 0.15) is 85.1 Å². The first kappa shape index (κ1) is 29.1. The van der Waals surface area contributed by atoms with Gasteiger partial charge in [0.2, 0.25) is 23.0 Å². The van der Waals surface area contributed by atoms with E-state index in [1.165, 1.54) is 25.7 Å². The average Bonchev–Trinajstić information content (AvgIpc) is 2.76. The van der Waals surface area contributed by atoms with Crippen molar-refractivity contribution in [3.05, 3.63) is 5.56 Å². The zero-order valence-electron chi connectivity index (χ0n) is 20.6. The highest BCUT2D eigenvalue weighted by atomic mass is 32.3. The Morgan fingerprint density at radius 1 is 0.606 bits per heavy atom. The van der Waals surface area contributed by atoms with Gasteiger partial charge in [0.05, 0.1) is 26.4 Å². The van der Waals surface area contributed by atoms with Crippen LogP contribution in [0.5, 0.6) is 28.7 Å². The van der Waals surface area contributed by atoms with Gasteiger partial charge in [0.15, 0.2) is 5.75 Å². The van der Waals surface area contributed by atoms with Crippen molar-refractivity contribution in [3.63, 3.8) is 0 Å². The summed E-state index contributed by atoms with van der Waals surface area (Å²) in [6.45, 7) is 10.7. The monoisotopic (exact) mass is 492 g/mol. The summed E-state index contributed by atoms with van der Waals surface area (Å²) in [6.07, 6.45) is 8.18. The molecule has 0 aliphatic rings. The Bertz CT molecular complexity index is 794. The molecule has 33 heavy (non-hydrogen) atoms. The first-order valence-electron chi connectivity index (χ1n) is 11.9. The molecule has 9 nitrogen and oxygen atoms in total. The van der Waals surface area contributed by atoms with Crippen LogP contribution in [0, 0.1) is 0 Å². The van der Waals surface area contributed by atoms with Crippen LogP contribution in [0.3, 0.4) is 0 Å². The van der Waals surface area contributed by atoms with Crippen LogP contribution in [-0.2, 0) is 21.2 Å². The van der Waals surface area contributed by atoms with E-state index in [0.29, 0.717) is 43.3 Å². The highest BCUT2D eigenvalue weighted by Crippen LogP contribution is 2.54. The molecule has 0 aromatic heterocycles. The lowest BCUT2D eigenvalue weighted by Crippen LogP contribution is -2.13. The van der Waals surface area contributed by atoms with Gasteiger partial charge in [-0.2, -0.15) is 8.42 Å². The van der Waals surface area contributed by atoms with Gasteiger partial charge < -0.3 is 23.8 Å². The van der Waals surface area contributed by atoms with E-state index in [2.05, 4.69) is 11.3 Å². The molecule has 0 saturated heterocycles. The molecular formula is C23H40O9S. The molecule has 0 spiro atoms. The van der Waals surface area contributed by atoms with Gasteiger partial charge in [-0.1, -0.05) is 45.4 Å². The van der Waals surface area contributed by atoms with Gasteiger partial charge in [-0.05, 0) is 44.9 Å². The van der Waals surface area contributed by atoms with Crippen molar-refractivity contribution in [2.45, 2.75) is 86.0 Å². The smallest absolute Gasteiger partial charge is 0.432 e. The second-order valence-corrected chi connectivity index (χ2v) is 8.30. The van der Waals surface area contributed by atoms with Crippen LogP contribution in [0.15, 0.2) is 0 Å². The summed E-state index contributed by atoms with van der Waals surface area (Å²) in [7, 11) is -4.87. The molecule has 0 bridgehead atoms. The van der Waals surface area contributed by atoms with Crippen molar-refractivity contribution >= 4 is 10.4 Å². The molecule has 1 aromatic rings. The van der Waals surface area contributed by atoms with E-state index in [9.17, 15) is 8.42 Å². The Labute approximate surface area is 198 Å². The zero-order chi connectivity index (χ0) is 24.7. The number of ether oxygens (including phenoxy) is 4. The van der Waals surface area contributed by atoms with Crippen molar-refractivity contribution in [3.8, 4) is 28.7 Å². The molecule has 0 atom stereocenters. The number of hydrogen-bond donors (Lipinski definition) is 1. The van der Waals surface area contributed by atoms with Crippen LogP contribution >= 0.6 is 0 Å². The molecule has 0 saturated carbocycles. The van der Waals surface area contributed by atoms with Gasteiger partial charge in [0.1, 0.15) is 0 Å². The van der Waals surface area contributed by atoms with E-state index in [1.54, 1.807) is 13.8 Å². The molecule has 1 N–H and O–H groups in total. The highest BCUT2D eigenvalue weighted by molar-refractivity contribution is 7.80. The summed E-state index contributed by atoms with van der Waals surface area (Å²) in [6, 6.07) is 0. The Hall–Kier alpha value is -1.91. The topological polar surface area (TPSA) is 110 Å². The van der Waals surface area contributed by atoms with Crippen molar-refractivity contribution in [2.75, 3.05) is 26.4 Å². The average molecular weight is 493 g/mol. The first-order chi connectivity index (χ1) is 15.8. The van der Waals surface area contributed by atoms with E-state index in [4.69, 9.17) is 28.4 Å². The van der Waals surface area contributed by atoms with E-state index in [1.807, 2.05) is 13.8 Å². The quantitative estimate of drug-likeness (QED) is 0.113. The Morgan fingerprint density at radius 3 is 1.52 bits per heavy atom. The molecule has 1 rings (SSSR count). The number of unbranched alkanes of at least 4 members (excludes halogenated alkanes) is 6. The predicted molar refractivity (Wildman–Crippen MR) is 126 cm³/mol. The van der Waals surface area contributed by atoms with Crippen molar-refractivity contribution < 1.29 is 41.1 Å². The normalized spacial score (nSPS) is 11.3. The lowest BCUT2D eigenvalue weighted by molar-refractivity contribution is -0.105. The number of rotatable bonds is 19. The van der Waals surface area contributed by atoms with Crippen molar-refractivity contribution in [1.29, 1.82) is 0 Å². The van der Waals surface area contributed by atoms with Crippen LogP contribution in [0.2, 0.25) is 0 Å². The molecular weight excluding hydrogens is 452 g/mol. The zero-order valence-corrected chi connectivity index (χ0v) is 21.4. The van der Waals surface area contributed by atoms with Gasteiger partial charge in [-0.3, -0.25) is 4.55 Å². The van der Waals surface area contributed by atoms with Gasteiger partial charge in [0.25, 0.3) is 0 Å². The van der Waals surface area contributed by atoms with E-state index >= 15 is 0 Å². The SMILES string of the molecule is CCCCCCCCCc1c(OCC)c(OCC)c(OCC)c(OCC)c1OOS(=O)(=O)O. The Kier molecular flexibility index (Phi) is 14.0. The summed E-state index contributed by atoms with van der Waals surface area (Å²) < 4.78 is 59.2. The third kappa shape index (κ3) is 9.85. The summed E-state index contributed by atoms with van der Waals surface area (Å²) >= 11 is 0. The van der Waals surface area contributed by atoms with Gasteiger partial charge >= 0.3 is 10.4 Å². The minimum Gasteiger partial charge on any atom is -0.489 e.